The second-order valence-electron chi connectivity index (χ2n) is 6.64. The van der Waals surface area contributed by atoms with Crippen molar-refractivity contribution in [2.75, 3.05) is 0 Å². The lowest BCUT2D eigenvalue weighted by Crippen LogP contribution is -2.45. The Labute approximate surface area is 152 Å². The first-order valence-corrected chi connectivity index (χ1v) is 9.17. The molecule has 25 heavy (non-hydrogen) atoms. The number of carbonyl (C=O) groups is 2. The van der Waals surface area contributed by atoms with Crippen LogP contribution < -0.4 is 10.6 Å². The third kappa shape index (κ3) is 4.34. The summed E-state index contributed by atoms with van der Waals surface area (Å²) in [7, 11) is 0. The summed E-state index contributed by atoms with van der Waals surface area (Å²) in [5, 5.41) is 6.09. The fourth-order valence-corrected chi connectivity index (χ4v) is 3.57. The second kappa shape index (κ2) is 7.91. The number of benzene rings is 1. The van der Waals surface area contributed by atoms with Gasteiger partial charge >= 0.3 is 12.0 Å². The van der Waals surface area contributed by atoms with Gasteiger partial charge in [-0.05, 0) is 50.3 Å². The monoisotopic (exact) mass is 362 g/mol. The maximum Gasteiger partial charge on any atom is 0.338 e. The number of nitrogens with one attached hydrogen (secondary N) is 2. The molecule has 2 aliphatic rings. The van der Waals surface area contributed by atoms with E-state index in [1.165, 1.54) is 12.8 Å². The Morgan fingerprint density at radius 2 is 1.76 bits per heavy atom. The van der Waals surface area contributed by atoms with E-state index in [0.717, 1.165) is 31.2 Å². The molecule has 0 bridgehead atoms. The van der Waals surface area contributed by atoms with Gasteiger partial charge in [0.25, 0.3) is 0 Å². The Morgan fingerprint density at radius 1 is 1.12 bits per heavy atom. The quantitative estimate of drug-likeness (QED) is 0.624. The molecular formula is C19H23ClN2O3. The van der Waals surface area contributed by atoms with E-state index in [1.807, 2.05) is 12.1 Å². The van der Waals surface area contributed by atoms with Gasteiger partial charge in [0.1, 0.15) is 6.10 Å². The van der Waals surface area contributed by atoms with Gasteiger partial charge in [-0.3, -0.25) is 0 Å². The summed E-state index contributed by atoms with van der Waals surface area (Å²) in [6.45, 7) is 1.73. The number of hydrogen-bond acceptors (Lipinski definition) is 3. The molecule has 0 spiro atoms. The molecule has 0 saturated heterocycles. The highest BCUT2D eigenvalue weighted by molar-refractivity contribution is 6.30. The molecule has 134 valence electrons. The zero-order valence-electron chi connectivity index (χ0n) is 14.3. The standard InChI is InChI=1S/C19H23ClN2O3/c1-12-16(18(23)25-15-6-4-2-3-5-7-15)17(22-19(24)21-12)13-8-10-14(20)11-9-13/h8-11,15,17H,2-7H2,1H3,(H2,21,22,24)/t17-/m0/s1. The van der Waals surface area contributed by atoms with Crippen molar-refractivity contribution < 1.29 is 14.3 Å². The predicted molar refractivity (Wildman–Crippen MR) is 96.1 cm³/mol. The molecule has 0 unspecified atom stereocenters. The van der Waals surface area contributed by atoms with Crippen molar-refractivity contribution in [2.45, 2.75) is 57.6 Å². The molecule has 1 saturated carbocycles. The molecule has 0 radical (unpaired) electrons. The molecule has 6 heteroatoms. The van der Waals surface area contributed by atoms with Gasteiger partial charge in [-0.2, -0.15) is 0 Å². The Kier molecular flexibility index (Phi) is 5.63. The molecule has 1 aliphatic heterocycles. The molecular weight excluding hydrogens is 340 g/mol. The van der Waals surface area contributed by atoms with Crippen LogP contribution in [-0.2, 0) is 9.53 Å². The molecule has 3 rings (SSSR count). The van der Waals surface area contributed by atoms with E-state index >= 15 is 0 Å². The van der Waals surface area contributed by atoms with Gasteiger partial charge in [0, 0.05) is 10.7 Å². The van der Waals surface area contributed by atoms with E-state index in [4.69, 9.17) is 16.3 Å². The Morgan fingerprint density at radius 3 is 2.40 bits per heavy atom. The van der Waals surface area contributed by atoms with Gasteiger partial charge in [0.2, 0.25) is 0 Å². The lowest BCUT2D eigenvalue weighted by molar-refractivity contribution is -0.145. The lowest BCUT2D eigenvalue weighted by Gasteiger charge is -2.29. The molecule has 2 N–H and O–H groups in total. The Balaban J connectivity index is 1.83. The number of rotatable bonds is 3. The summed E-state index contributed by atoms with van der Waals surface area (Å²) in [5.41, 5.74) is 1.78. The smallest absolute Gasteiger partial charge is 0.338 e. The summed E-state index contributed by atoms with van der Waals surface area (Å²) >= 11 is 5.95. The van der Waals surface area contributed by atoms with Crippen LogP contribution in [-0.4, -0.2) is 18.1 Å². The first-order valence-electron chi connectivity index (χ1n) is 8.79. The van der Waals surface area contributed by atoms with Crippen LogP contribution in [0, 0.1) is 0 Å². The van der Waals surface area contributed by atoms with Crippen molar-refractivity contribution in [1.82, 2.24) is 10.6 Å². The molecule has 1 aromatic carbocycles. The third-order valence-electron chi connectivity index (χ3n) is 4.77. The maximum absolute atomic E-state index is 12.8. The van der Waals surface area contributed by atoms with Crippen molar-refractivity contribution >= 4 is 23.6 Å². The molecule has 5 nitrogen and oxygen atoms in total. The average Bonchev–Trinajstić information content (AvgIpc) is 2.83. The third-order valence-corrected chi connectivity index (χ3v) is 5.02. The Bertz CT molecular complexity index is 676. The Hall–Kier alpha value is -2.01. The van der Waals surface area contributed by atoms with Crippen LogP contribution in [0.25, 0.3) is 0 Å². The van der Waals surface area contributed by atoms with Gasteiger partial charge in [0.05, 0.1) is 11.6 Å². The van der Waals surface area contributed by atoms with Crippen LogP contribution in [0.4, 0.5) is 4.79 Å². The fourth-order valence-electron chi connectivity index (χ4n) is 3.44. The topological polar surface area (TPSA) is 67.4 Å². The zero-order valence-corrected chi connectivity index (χ0v) is 15.1. The van der Waals surface area contributed by atoms with E-state index in [9.17, 15) is 9.59 Å². The summed E-state index contributed by atoms with van der Waals surface area (Å²) in [4.78, 5) is 24.7. The minimum atomic E-state index is -0.538. The fraction of sp³-hybridized carbons (Fsp3) is 0.474. The average molecular weight is 363 g/mol. The van der Waals surface area contributed by atoms with Crippen LogP contribution in [0.5, 0.6) is 0 Å². The van der Waals surface area contributed by atoms with E-state index in [2.05, 4.69) is 10.6 Å². The predicted octanol–water partition coefficient (Wildman–Crippen LogP) is 4.23. The van der Waals surface area contributed by atoms with Gasteiger partial charge < -0.3 is 15.4 Å². The number of ether oxygens (including phenoxy) is 1. The highest BCUT2D eigenvalue weighted by Crippen LogP contribution is 2.30. The maximum atomic E-state index is 12.8. The normalized spacial score (nSPS) is 22.0. The summed E-state index contributed by atoms with van der Waals surface area (Å²) in [6.07, 6.45) is 6.34. The first kappa shape index (κ1) is 17.8. The molecule has 1 fully saturated rings. The summed E-state index contributed by atoms with van der Waals surface area (Å²) in [5.74, 6) is -0.364. The van der Waals surface area contributed by atoms with Gasteiger partial charge in [0.15, 0.2) is 0 Å². The number of carbonyl (C=O) groups excluding carboxylic acids is 2. The highest BCUT2D eigenvalue weighted by atomic mass is 35.5. The molecule has 1 aliphatic carbocycles. The zero-order chi connectivity index (χ0) is 17.8. The number of allylic oxidation sites excluding steroid dienone is 1. The van der Waals surface area contributed by atoms with Crippen molar-refractivity contribution in [1.29, 1.82) is 0 Å². The van der Waals surface area contributed by atoms with Gasteiger partial charge in [-0.25, -0.2) is 9.59 Å². The van der Waals surface area contributed by atoms with Crippen molar-refractivity contribution in [3.05, 3.63) is 46.1 Å². The van der Waals surface area contributed by atoms with E-state index in [0.29, 0.717) is 16.3 Å². The van der Waals surface area contributed by atoms with E-state index in [-0.39, 0.29) is 18.1 Å². The summed E-state index contributed by atoms with van der Waals surface area (Å²) < 4.78 is 5.78. The number of urea groups is 1. The number of esters is 1. The number of hydrogen-bond donors (Lipinski definition) is 2. The van der Waals surface area contributed by atoms with Crippen LogP contribution in [0.15, 0.2) is 35.5 Å². The van der Waals surface area contributed by atoms with E-state index in [1.54, 1.807) is 19.1 Å². The number of amides is 2. The molecule has 1 heterocycles. The minimum Gasteiger partial charge on any atom is -0.459 e. The lowest BCUT2D eigenvalue weighted by atomic mass is 9.95. The van der Waals surface area contributed by atoms with E-state index < -0.39 is 6.04 Å². The van der Waals surface area contributed by atoms with Crippen LogP contribution in [0.2, 0.25) is 5.02 Å². The number of halogens is 1. The highest BCUT2D eigenvalue weighted by Gasteiger charge is 2.33. The van der Waals surface area contributed by atoms with Crippen molar-refractivity contribution in [2.24, 2.45) is 0 Å². The van der Waals surface area contributed by atoms with Crippen molar-refractivity contribution in [3.63, 3.8) is 0 Å². The minimum absolute atomic E-state index is 0.0428. The second-order valence-corrected chi connectivity index (χ2v) is 7.08. The molecule has 0 aromatic heterocycles. The first-order chi connectivity index (χ1) is 12.0. The largest absolute Gasteiger partial charge is 0.459 e. The van der Waals surface area contributed by atoms with Crippen molar-refractivity contribution in [3.8, 4) is 0 Å². The van der Waals surface area contributed by atoms with Crippen LogP contribution in [0.3, 0.4) is 0 Å². The van der Waals surface area contributed by atoms with Gasteiger partial charge in [-0.1, -0.05) is 36.6 Å². The molecule has 1 atom stereocenters. The van der Waals surface area contributed by atoms with Crippen LogP contribution in [0.1, 0.15) is 57.1 Å². The molecule has 1 aromatic rings. The summed E-state index contributed by atoms with van der Waals surface area (Å²) in [6, 6.07) is 6.24. The van der Waals surface area contributed by atoms with Gasteiger partial charge in [-0.15, -0.1) is 0 Å². The molecule has 2 amide bonds. The van der Waals surface area contributed by atoms with Crippen LogP contribution >= 0.6 is 11.6 Å². The SMILES string of the molecule is CC1=C(C(=O)OC2CCCCCC2)[C@H](c2ccc(Cl)cc2)NC(=O)N1.